The number of hydrogen-bond acceptors (Lipinski definition) is 6. The third kappa shape index (κ3) is 11.3. The molecule has 0 heterocycles. The van der Waals surface area contributed by atoms with Crippen molar-refractivity contribution in [3.63, 3.8) is 0 Å². The SMILES string of the molecule is N[C@@H](CCC(=O)N[C@@H](CS)C(=O)NCC(=O)O)C(=O)O.[Co].[NH2-]. The summed E-state index contributed by atoms with van der Waals surface area (Å²) < 4.78 is 0. The zero-order valence-corrected chi connectivity index (χ0v) is 13.4. The van der Waals surface area contributed by atoms with E-state index in [4.69, 9.17) is 15.9 Å². The van der Waals surface area contributed by atoms with Crippen molar-refractivity contribution in [2.45, 2.75) is 24.9 Å². The van der Waals surface area contributed by atoms with Crippen LogP contribution in [0.1, 0.15) is 12.8 Å². The molecule has 2 amide bonds. The number of carboxylic acids is 2. The molecule has 131 valence electrons. The number of amides is 2. The maximum Gasteiger partial charge on any atom is 0.322 e. The van der Waals surface area contributed by atoms with Gasteiger partial charge in [0.25, 0.3) is 0 Å². The second-order valence-electron chi connectivity index (χ2n) is 3.90. The third-order valence-electron chi connectivity index (χ3n) is 2.25. The van der Waals surface area contributed by atoms with Crippen molar-refractivity contribution in [1.29, 1.82) is 0 Å². The number of rotatable bonds is 9. The van der Waals surface area contributed by atoms with Crippen molar-refractivity contribution in [1.82, 2.24) is 10.6 Å². The van der Waals surface area contributed by atoms with E-state index in [-0.39, 0.29) is 41.5 Å². The fourth-order valence-electron chi connectivity index (χ4n) is 1.16. The zero-order valence-electron chi connectivity index (χ0n) is 11.4. The molecule has 0 aliphatic rings. The van der Waals surface area contributed by atoms with Gasteiger partial charge < -0.3 is 32.7 Å². The molecule has 0 aliphatic heterocycles. The van der Waals surface area contributed by atoms with E-state index < -0.39 is 42.4 Å². The summed E-state index contributed by atoms with van der Waals surface area (Å²) in [6.45, 7) is -0.567. The van der Waals surface area contributed by atoms with Crippen LogP contribution in [-0.2, 0) is 36.0 Å². The summed E-state index contributed by atoms with van der Waals surface area (Å²) in [5.41, 5.74) is 5.23. The van der Waals surface area contributed by atoms with Crippen LogP contribution in [0.3, 0.4) is 0 Å². The minimum absolute atomic E-state index is 0. The van der Waals surface area contributed by atoms with Crippen LogP contribution in [0.25, 0.3) is 6.15 Å². The van der Waals surface area contributed by atoms with Crippen LogP contribution >= 0.6 is 12.6 Å². The maximum absolute atomic E-state index is 11.5. The van der Waals surface area contributed by atoms with E-state index in [1.54, 1.807) is 0 Å². The van der Waals surface area contributed by atoms with Gasteiger partial charge in [0.1, 0.15) is 18.6 Å². The van der Waals surface area contributed by atoms with E-state index in [0.29, 0.717) is 0 Å². The molecule has 0 aromatic heterocycles. The molecule has 0 fully saturated rings. The Morgan fingerprint density at radius 2 is 1.73 bits per heavy atom. The number of hydrogen-bond donors (Lipinski definition) is 6. The molecule has 22 heavy (non-hydrogen) atoms. The van der Waals surface area contributed by atoms with Crippen LogP contribution in [0.5, 0.6) is 0 Å². The van der Waals surface area contributed by atoms with E-state index in [2.05, 4.69) is 23.3 Å². The summed E-state index contributed by atoms with van der Waals surface area (Å²) in [5.74, 6) is -3.70. The van der Waals surface area contributed by atoms with Gasteiger partial charge in [0.2, 0.25) is 11.8 Å². The van der Waals surface area contributed by atoms with Gasteiger partial charge in [-0.15, -0.1) is 0 Å². The molecule has 0 rings (SSSR count). The molecule has 8 N–H and O–H groups in total. The smallest absolute Gasteiger partial charge is 0.322 e. The minimum Gasteiger partial charge on any atom is -0.693 e. The molecule has 0 bridgehead atoms. The van der Waals surface area contributed by atoms with Gasteiger partial charge >= 0.3 is 11.9 Å². The number of aliphatic carboxylic acids is 2. The van der Waals surface area contributed by atoms with Gasteiger partial charge in [-0.3, -0.25) is 19.2 Å². The molecule has 12 heteroatoms. The Bertz CT molecular complexity index is 398. The number of nitrogens with two attached hydrogens (primary N) is 2. The molecule has 0 aliphatic carbocycles. The molecule has 1 radical (unpaired) electrons. The first-order valence-electron chi connectivity index (χ1n) is 5.66. The van der Waals surface area contributed by atoms with Crippen LogP contribution in [0.15, 0.2) is 0 Å². The molecular formula is C10H19CoN4O6S-. The average molecular weight is 382 g/mol. The maximum atomic E-state index is 11.5. The Morgan fingerprint density at radius 1 is 1.18 bits per heavy atom. The molecule has 0 aromatic rings. The van der Waals surface area contributed by atoms with Crippen LogP contribution in [0.2, 0.25) is 0 Å². The summed E-state index contributed by atoms with van der Waals surface area (Å²) in [6.07, 6.45) is -0.235. The molecule has 0 unspecified atom stereocenters. The van der Waals surface area contributed by atoms with Crippen molar-refractivity contribution >= 4 is 36.4 Å². The molecule has 2 atom stereocenters. The monoisotopic (exact) mass is 382 g/mol. The van der Waals surface area contributed by atoms with Crippen molar-refractivity contribution in [2.24, 2.45) is 5.73 Å². The first-order valence-corrected chi connectivity index (χ1v) is 6.29. The Balaban J connectivity index is -0.00000180. The van der Waals surface area contributed by atoms with Gasteiger partial charge in [0.15, 0.2) is 0 Å². The number of carbonyl (C=O) groups excluding carboxylic acids is 2. The van der Waals surface area contributed by atoms with Crippen LogP contribution in [0.4, 0.5) is 0 Å². The van der Waals surface area contributed by atoms with Crippen molar-refractivity contribution in [2.75, 3.05) is 12.3 Å². The fraction of sp³-hybridized carbons (Fsp3) is 0.600. The van der Waals surface area contributed by atoms with Gasteiger partial charge in [-0.05, 0) is 6.42 Å². The first-order chi connectivity index (χ1) is 9.27. The predicted octanol–water partition coefficient (Wildman–Crippen LogP) is -1.49. The number of carbonyl (C=O) groups is 4. The van der Waals surface area contributed by atoms with E-state index in [9.17, 15) is 19.2 Å². The second-order valence-corrected chi connectivity index (χ2v) is 4.26. The summed E-state index contributed by atoms with van der Waals surface area (Å²) >= 11 is 3.87. The van der Waals surface area contributed by atoms with Gasteiger partial charge in [0, 0.05) is 29.0 Å². The number of nitrogens with one attached hydrogen (secondary N) is 2. The van der Waals surface area contributed by atoms with Gasteiger partial charge in [-0.25, -0.2) is 0 Å². The summed E-state index contributed by atoms with van der Waals surface area (Å²) in [6, 6.07) is -2.15. The zero-order chi connectivity index (χ0) is 15.7. The largest absolute Gasteiger partial charge is 0.693 e. The third-order valence-corrected chi connectivity index (χ3v) is 2.61. The molecule has 0 aromatic carbocycles. The van der Waals surface area contributed by atoms with E-state index >= 15 is 0 Å². The Morgan fingerprint density at radius 3 is 2.14 bits per heavy atom. The summed E-state index contributed by atoms with van der Waals surface area (Å²) in [5, 5.41) is 21.4. The minimum atomic E-state index is -1.22. The van der Waals surface area contributed by atoms with Gasteiger partial charge in [0.05, 0.1) is 0 Å². The molecular weight excluding hydrogens is 363 g/mol. The standard InChI is InChI=1S/C10H17N3O6S.Co.H2N/c11-5(10(18)19)1-2-7(14)13-6(4-20)9(17)12-3-8(15)16;;/h5-6,20H,1-4,11H2,(H,12,17)(H,13,14)(H,15,16)(H,18,19);;1H2/q;;-1/t5-,6-;;/m0../s1. The van der Waals surface area contributed by atoms with Crippen molar-refractivity contribution in [3.05, 3.63) is 6.15 Å². The van der Waals surface area contributed by atoms with Crippen LogP contribution in [0, 0.1) is 0 Å². The van der Waals surface area contributed by atoms with Crippen LogP contribution < -0.4 is 16.4 Å². The number of carboxylic acid groups (broad SMARTS) is 2. The quantitative estimate of drug-likeness (QED) is 0.261. The average Bonchev–Trinajstić information content (AvgIpc) is 2.38. The van der Waals surface area contributed by atoms with Gasteiger partial charge in [-0.1, -0.05) is 0 Å². The van der Waals surface area contributed by atoms with E-state index in [0.717, 1.165) is 0 Å². The van der Waals surface area contributed by atoms with Crippen molar-refractivity contribution in [3.8, 4) is 0 Å². The Hall–Kier alpha value is -1.34. The normalized spacial score (nSPS) is 11.9. The molecule has 0 spiro atoms. The topological polar surface area (TPSA) is 192 Å². The molecule has 0 saturated heterocycles. The first kappa shape index (κ1) is 25.6. The predicted molar refractivity (Wildman–Crippen MR) is 76.6 cm³/mol. The summed E-state index contributed by atoms with van der Waals surface area (Å²) in [4.78, 5) is 43.7. The molecule has 10 nitrogen and oxygen atoms in total. The van der Waals surface area contributed by atoms with Crippen molar-refractivity contribution < 1.29 is 46.2 Å². The Kier molecular flexibility index (Phi) is 15.5. The van der Waals surface area contributed by atoms with Gasteiger partial charge in [-0.2, -0.15) is 12.6 Å². The fourth-order valence-corrected chi connectivity index (χ4v) is 1.41. The molecule has 0 saturated carbocycles. The Labute approximate surface area is 142 Å². The van der Waals surface area contributed by atoms with E-state index in [1.807, 2.05) is 0 Å². The second kappa shape index (κ2) is 13.3. The summed E-state index contributed by atoms with van der Waals surface area (Å²) in [7, 11) is 0. The number of thiol groups is 1. The van der Waals surface area contributed by atoms with Crippen LogP contribution in [-0.4, -0.2) is 58.3 Å². The van der Waals surface area contributed by atoms with E-state index in [1.165, 1.54) is 0 Å².